The van der Waals surface area contributed by atoms with E-state index < -0.39 is 8.07 Å². The molecule has 4 nitrogen and oxygen atoms in total. The molecule has 0 bridgehead atoms. The van der Waals surface area contributed by atoms with Gasteiger partial charge in [0.2, 0.25) is 0 Å². The highest BCUT2D eigenvalue weighted by Crippen LogP contribution is 2.44. The molecule has 0 N–H and O–H groups in total. The second-order valence-corrected chi connectivity index (χ2v) is 19.5. The molecule has 0 aliphatic carbocycles. The molecule has 286 valence electrons. The summed E-state index contributed by atoms with van der Waals surface area (Å²) in [6, 6.07) is 80.3. The van der Waals surface area contributed by atoms with Gasteiger partial charge in [-0.15, -0.1) is 0 Å². The zero-order valence-electron chi connectivity index (χ0n) is 33.4. The van der Waals surface area contributed by atoms with Gasteiger partial charge in [-0.3, -0.25) is 4.57 Å². The quantitative estimate of drug-likeness (QED) is 0.113. The first-order chi connectivity index (χ1) is 29.7. The van der Waals surface area contributed by atoms with Crippen molar-refractivity contribution in [2.75, 3.05) is 16.5 Å². The number of aryl methyl sites for hydroxylation is 1. The Kier molecular flexibility index (Phi) is 8.75. The van der Waals surface area contributed by atoms with Gasteiger partial charge in [-0.1, -0.05) is 158 Å². The molecule has 1 aliphatic heterocycles. The van der Waals surface area contributed by atoms with Crippen molar-refractivity contribution < 1.29 is 0 Å². The number of aromatic nitrogens is 2. The van der Waals surface area contributed by atoms with Crippen LogP contribution in [0.2, 0.25) is 0 Å². The largest absolute Gasteiger partial charge is 0.321 e. The van der Waals surface area contributed by atoms with Gasteiger partial charge >= 0.3 is 0 Å². The predicted molar refractivity (Wildman–Crippen MR) is 254 cm³/mol. The zero-order chi connectivity index (χ0) is 40.0. The SMILES string of the molecule is Cc1ccccc1-c1ccnc(-n2c3ccccc3c3ccc([Si](c4ccccc4)(c4ccccc4)c4cccc(N5CN(c6ccccc6)c6ccccc65)c4)cc32)c1. The second-order valence-electron chi connectivity index (χ2n) is 15.7. The van der Waals surface area contributed by atoms with Crippen LogP contribution in [0.15, 0.2) is 225 Å². The van der Waals surface area contributed by atoms with Crippen LogP contribution in [-0.2, 0) is 0 Å². The molecule has 0 saturated carbocycles. The molecule has 11 rings (SSSR count). The van der Waals surface area contributed by atoms with Gasteiger partial charge in [-0.2, -0.15) is 0 Å². The van der Waals surface area contributed by atoms with Crippen LogP contribution < -0.4 is 30.5 Å². The fourth-order valence-electron chi connectivity index (χ4n) is 9.60. The van der Waals surface area contributed by atoms with Crippen LogP contribution in [0.3, 0.4) is 0 Å². The minimum absolute atomic E-state index is 0.721. The molecule has 0 spiro atoms. The standard InChI is InChI=1S/C55H42N4Si/c1-40-18-11-12-27-48(40)41-34-35-56-55(36-41)59-51-29-14-13-28-49(51)50-33-32-47(38-54(50)59)60(44-22-7-3-8-23-44,45-24-9-4-10-25-45)46-26-17-21-43(37-46)58-39-57(42-19-5-2-6-20-42)52-30-15-16-31-53(52)58/h2-38H,39H2,1H3. The fourth-order valence-corrected chi connectivity index (χ4v) is 14.4. The molecule has 0 atom stereocenters. The highest BCUT2D eigenvalue weighted by molar-refractivity contribution is 7.20. The van der Waals surface area contributed by atoms with Gasteiger partial charge in [-0.25, -0.2) is 4.98 Å². The third-order valence-corrected chi connectivity index (χ3v) is 17.1. The number of para-hydroxylation sites is 4. The summed E-state index contributed by atoms with van der Waals surface area (Å²) in [6.07, 6.45) is 1.95. The summed E-state index contributed by atoms with van der Waals surface area (Å²) in [7, 11) is -2.99. The lowest BCUT2D eigenvalue weighted by molar-refractivity contribution is 0.992. The molecule has 60 heavy (non-hydrogen) atoms. The smallest absolute Gasteiger partial charge is 0.179 e. The van der Waals surface area contributed by atoms with Crippen molar-refractivity contribution in [3.63, 3.8) is 0 Å². The Morgan fingerprint density at radius 1 is 0.433 bits per heavy atom. The summed E-state index contributed by atoms with van der Waals surface area (Å²) < 4.78 is 2.38. The van der Waals surface area contributed by atoms with Crippen LogP contribution in [0.25, 0.3) is 38.8 Å². The summed E-state index contributed by atoms with van der Waals surface area (Å²) in [6.45, 7) is 2.90. The van der Waals surface area contributed by atoms with Crippen molar-refractivity contribution in [1.82, 2.24) is 9.55 Å². The Balaban J connectivity index is 1.15. The number of hydrogen-bond acceptors (Lipinski definition) is 3. The first kappa shape index (κ1) is 35.7. The normalized spacial score (nSPS) is 12.6. The van der Waals surface area contributed by atoms with Crippen LogP contribution in [0.4, 0.5) is 22.7 Å². The molecule has 0 unspecified atom stereocenters. The summed E-state index contributed by atoms with van der Waals surface area (Å²) in [5.74, 6) is 0.906. The van der Waals surface area contributed by atoms with Crippen LogP contribution in [0.5, 0.6) is 0 Å². The lowest BCUT2D eigenvalue weighted by atomic mass is 10.0. The van der Waals surface area contributed by atoms with Crippen molar-refractivity contribution >= 4 is 73.4 Å². The highest BCUT2D eigenvalue weighted by Gasteiger charge is 2.42. The van der Waals surface area contributed by atoms with Gasteiger partial charge in [0.25, 0.3) is 0 Å². The molecular formula is C55H42N4Si. The van der Waals surface area contributed by atoms with E-state index in [0.29, 0.717) is 0 Å². The number of anilines is 4. The second kappa shape index (κ2) is 14.7. The lowest BCUT2D eigenvalue weighted by Crippen LogP contribution is -2.74. The average Bonchev–Trinajstić information content (AvgIpc) is 3.87. The maximum atomic E-state index is 5.07. The summed E-state index contributed by atoms with van der Waals surface area (Å²) >= 11 is 0. The van der Waals surface area contributed by atoms with E-state index in [-0.39, 0.29) is 0 Å². The third-order valence-electron chi connectivity index (χ3n) is 12.4. The molecule has 0 amide bonds. The van der Waals surface area contributed by atoms with Gasteiger partial charge < -0.3 is 9.80 Å². The van der Waals surface area contributed by atoms with Gasteiger partial charge in [0, 0.05) is 28.3 Å². The number of rotatable bonds is 8. The molecule has 3 heterocycles. The van der Waals surface area contributed by atoms with Crippen LogP contribution in [0, 0.1) is 6.92 Å². The molecule has 0 saturated heterocycles. The van der Waals surface area contributed by atoms with E-state index >= 15 is 0 Å². The summed E-state index contributed by atoms with van der Waals surface area (Å²) in [5, 5.41) is 7.74. The van der Waals surface area contributed by atoms with Crippen molar-refractivity contribution in [2.45, 2.75) is 6.92 Å². The van der Waals surface area contributed by atoms with Gasteiger partial charge in [0.15, 0.2) is 8.07 Å². The molecule has 10 aromatic rings. The van der Waals surface area contributed by atoms with E-state index in [0.717, 1.165) is 29.1 Å². The van der Waals surface area contributed by atoms with Crippen LogP contribution in [0.1, 0.15) is 5.56 Å². The number of fused-ring (bicyclic) bond motifs is 4. The van der Waals surface area contributed by atoms with E-state index in [9.17, 15) is 0 Å². The Hall–Kier alpha value is -7.47. The number of pyridine rings is 1. The molecule has 1 aliphatic rings. The number of nitrogens with zero attached hydrogens (tertiary/aromatic N) is 4. The lowest BCUT2D eigenvalue weighted by Gasteiger charge is -2.35. The van der Waals surface area contributed by atoms with Crippen molar-refractivity contribution in [1.29, 1.82) is 0 Å². The molecule has 5 heteroatoms. The van der Waals surface area contributed by atoms with E-state index in [2.05, 4.69) is 240 Å². The Labute approximate surface area is 351 Å². The van der Waals surface area contributed by atoms with Gasteiger partial charge in [-0.05, 0) is 105 Å². The first-order valence-corrected chi connectivity index (χ1v) is 22.7. The third kappa shape index (κ3) is 5.77. The predicted octanol–water partition coefficient (Wildman–Crippen LogP) is 10.8. The minimum Gasteiger partial charge on any atom is -0.321 e. The Morgan fingerprint density at radius 3 is 1.73 bits per heavy atom. The molecule has 2 aromatic heterocycles. The maximum absolute atomic E-state index is 5.07. The highest BCUT2D eigenvalue weighted by atomic mass is 28.3. The fraction of sp³-hybridized carbons (Fsp3) is 0.0364. The van der Waals surface area contributed by atoms with Crippen LogP contribution >= 0.6 is 0 Å². The van der Waals surface area contributed by atoms with Crippen LogP contribution in [-0.4, -0.2) is 24.3 Å². The number of hydrogen-bond donors (Lipinski definition) is 0. The Bertz CT molecular complexity index is 3120. The van der Waals surface area contributed by atoms with E-state index in [4.69, 9.17) is 4.98 Å². The van der Waals surface area contributed by atoms with Crippen molar-refractivity contribution in [3.8, 4) is 16.9 Å². The monoisotopic (exact) mass is 786 g/mol. The molecular weight excluding hydrogens is 745 g/mol. The molecule has 8 aromatic carbocycles. The average molecular weight is 787 g/mol. The maximum Gasteiger partial charge on any atom is 0.179 e. The van der Waals surface area contributed by atoms with Gasteiger partial charge in [0.05, 0.1) is 22.4 Å². The molecule has 0 fully saturated rings. The minimum atomic E-state index is -2.99. The van der Waals surface area contributed by atoms with Crippen molar-refractivity contribution in [3.05, 3.63) is 230 Å². The van der Waals surface area contributed by atoms with E-state index in [1.807, 2.05) is 6.20 Å². The zero-order valence-corrected chi connectivity index (χ0v) is 34.4. The van der Waals surface area contributed by atoms with Crippen molar-refractivity contribution in [2.24, 2.45) is 0 Å². The van der Waals surface area contributed by atoms with E-state index in [1.54, 1.807) is 0 Å². The number of benzene rings is 8. The molecule has 0 radical (unpaired) electrons. The van der Waals surface area contributed by atoms with E-state index in [1.165, 1.54) is 65.4 Å². The Morgan fingerprint density at radius 2 is 1.00 bits per heavy atom. The summed E-state index contributed by atoms with van der Waals surface area (Å²) in [4.78, 5) is 9.95. The summed E-state index contributed by atoms with van der Waals surface area (Å²) in [5.41, 5.74) is 10.7. The topological polar surface area (TPSA) is 24.3 Å². The first-order valence-electron chi connectivity index (χ1n) is 20.7. The van der Waals surface area contributed by atoms with Gasteiger partial charge in [0.1, 0.15) is 12.5 Å².